The molecule has 0 bridgehead atoms. The summed E-state index contributed by atoms with van der Waals surface area (Å²) in [5, 5.41) is 0. The topological polar surface area (TPSA) is 70.0 Å². The Morgan fingerprint density at radius 2 is 2.09 bits per heavy atom. The highest BCUT2D eigenvalue weighted by atomic mass is 31.2. The average Bonchev–Trinajstić information content (AvgIpc) is 1.78. The van der Waals surface area contributed by atoms with Crippen molar-refractivity contribution in [3.8, 4) is 0 Å². The summed E-state index contributed by atoms with van der Waals surface area (Å²) >= 11 is 0. The first-order chi connectivity index (χ1) is 4.92. The Morgan fingerprint density at radius 1 is 1.55 bits per heavy atom. The van der Waals surface area contributed by atoms with Crippen LogP contribution < -0.4 is 0 Å². The van der Waals surface area contributed by atoms with Crippen LogP contribution in [0, 0.1) is 0 Å². The molecule has 0 fully saturated rings. The molecule has 0 saturated carbocycles. The molecule has 0 rings (SSSR count). The van der Waals surface area contributed by atoms with Gasteiger partial charge in [0.05, 0.1) is 6.61 Å². The van der Waals surface area contributed by atoms with Crippen molar-refractivity contribution in [2.45, 2.75) is 0 Å². The normalized spacial score (nSPS) is 12.4. The molecule has 0 aromatic heterocycles. The summed E-state index contributed by atoms with van der Waals surface area (Å²) in [5.74, 6) is 0. The van der Waals surface area contributed by atoms with Gasteiger partial charge in [0, 0.05) is 14.1 Å². The molecule has 6 heteroatoms. The molecule has 0 amide bonds. The van der Waals surface area contributed by atoms with Crippen molar-refractivity contribution in [3.05, 3.63) is 12.3 Å². The Kier molecular flexibility index (Phi) is 4.37. The number of nitrogens with zero attached hydrogens (tertiary/aromatic N) is 1. The van der Waals surface area contributed by atoms with Gasteiger partial charge in [0.15, 0.2) is 0 Å². The van der Waals surface area contributed by atoms with Crippen molar-refractivity contribution in [1.29, 1.82) is 0 Å². The molecule has 0 aliphatic rings. The first-order valence-corrected chi connectivity index (χ1v) is 4.48. The molecule has 66 valence electrons. The predicted molar refractivity (Wildman–Crippen MR) is 40.8 cm³/mol. The van der Waals surface area contributed by atoms with Crippen molar-refractivity contribution in [3.63, 3.8) is 0 Å². The van der Waals surface area contributed by atoms with Crippen molar-refractivity contribution >= 4 is 7.82 Å². The van der Waals surface area contributed by atoms with Crippen LogP contribution in [0.5, 0.6) is 0 Å². The molecule has 11 heavy (non-hydrogen) atoms. The zero-order valence-corrected chi connectivity index (χ0v) is 7.36. The van der Waals surface area contributed by atoms with E-state index in [1.807, 2.05) is 0 Å². The fourth-order valence-electron chi connectivity index (χ4n) is 0.394. The van der Waals surface area contributed by atoms with E-state index < -0.39 is 7.82 Å². The zero-order chi connectivity index (χ0) is 8.91. The number of phosphoric acid groups is 1. The second kappa shape index (κ2) is 4.51. The van der Waals surface area contributed by atoms with E-state index in [1.54, 1.807) is 25.2 Å². The van der Waals surface area contributed by atoms with Gasteiger partial charge in [-0.1, -0.05) is 0 Å². The molecule has 0 radical (unpaired) electrons. The Balaban J connectivity index is 3.50. The van der Waals surface area contributed by atoms with Crippen LogP contribution in [0.15, 0.2) is 12.3 Å². The van der Waals surface area contributed by atoms with Gasteiger partial charge in [-0.2, -0.15) is 0 Å². The largest absolute Gasteiger partial charge is 0.469 e. The predicted octanol–water partition coefficient (Wildman–Crippen LogP) is 0.171. The van der Waals surface area contributed by atoms with Crippen LogP contribution in [0.25, 0.3) is 0 Å². The van der Waals surface area contributed by atoms with E-state index in [4.69, 9.17) is 9.79 Å². The van der Waals surface area contributed by atoms with Gasteiger partial charge in [-0.25, -0.2) is 4.57 Å². The fourth-order valence-corrected chi connectivity index (χ4v) is 0.674. The first kappa shape index (κ1) is 10.7. The van der Waals surface area contributed by atoms with Crippen LogP contribution in [0.2, 0.25) is 0 Å². The lowest BCUT2D eigenvalue weighted by Crippen LogP contribution is -2.01. The Labute approximate surface area is 65.5 Å². The van der Waals surface area contributed by atoms with Crippen molar-refractivity contribution in [1.82, 2.24) is 4.90 Å². The zero-order valence-electron chi connectivity index (χ0n) is 6.47. The number of phosphoric ester groups is 1. The van der Waals surface area contributed by atoms with Crippen LogP contribution in [-0.2, 0) is 9.09 Å². The Hall–Kier alpha value is -0.350. The van der Waals surface area contributed by atoms with Crippen LogP contribution in [-0.4, -0.2) is 35.4 Å². The van der Waals surface area contributed by atoms with Gasteiger partial charge >= 0.3 is 7.82 Å². The number of hydrogen-bond acceptors (Lipinski definition) is 3. The van der Waals surface area contributed by atoms with Gasteiger partial charge in [0.1, 0.15) is 0 Å². The van der Waals surface area contributed by atoms with Gasteiger partial charge in [0.25, 0.3) is 0 Å². The third-order valence-corrected chi connectivity index (χ3v) is 1.23. The van der Waals surface area contributed by atoms with E-state index in [9.17, 15) is 4.57 Å². The maximum Gasteiger partial charge on any atom is 0.469 e. The quantitative estimate of drug-likeness (QED) is 0.605. The minimum Gasteiger partial charge on any atom is -0.384 e. The van der Waals surface area contributed by atoms with Gasteiger partial charge in [0.2, 0.25) is 0 Å². The highest BCUT2D eigenvalue weighted by molar-refractivity contribution is 7.46. The van der Waals surface area contributed by atoms with Crippen LogP contribution in [0.4, 0.5) is 0 Å². The van der Waals surface area contributed by atoms with Gasteiger partial charge < -0.3 is 14.7 Å². The minimum atomic E-state index is -4.30. The van der Waals surface area contributed by atoms with Crippen LogP contribution in [0.3, 0.4) is 0 Å². The van der Waals surface area contributed by atoms with Crippen molar-refractivity contribution in [2.75, 3.05) is 20.7 Å². The van der Waals surface area contributed by atoms with Gasteiger partial charge in [-0.15, -0.1) is 0 Å². The summed E-state index contributed by atoms with van der Waals surface area (Å²) in [7, 11) is -0.696. The average molecular weight is 181 g/mol. The molecule has 5 nitrogen and oxygen atoms in total. The molecular formula is C5H12NO4P. The summed E-state index contributed by atoms with van der Waals surface area (Å²) in [4.78, 5) is 18.2. The van der Waals surface area contributed by atoms with Gasteiger partial charge in [-0.05, 0) is 12.3 Å². The maximum atomic E-state index is 10.1. The molecule has 0 aromatic carbocycles. The summed E-state index contributed by atoms with van der Waals surface area (Å²) in [6.07, 6.45) is 3.16. The molecule has 0 unspecified atom stereocenters. The van der Waals surface area contributed by atoms with E-state index in [2.05, 4.69) is 4.52 Å². The van der Waals surface area contributed by atoms with E-state index in [0.29, 0.717) is 0 Å². The minimum absolute atomic E-state index is 0.0809. The lowest BCUT2D eigenvalue weighted by atomic mass is 10.6. The monoisotopic (exact) mass is 181 g/mol. The molecule has 0 aliphatic carbocycles. The standard InChI is InChI=1S/C5H12NO4P/c1-6(2)4-3-5-10-11(7,8)9/h3-4H,5H2,1-2H3,(H2,7,8,9). The molecule has 0 spiro atoms. The van der Waals surface area contributed by atoms with E-state index in [-0.39, 0.29) is 6.61 Å². The lowest BCUT2D eigenvalue weighted by molar-refractivity contribution is 0.215. The summed E-state index contributed by atoms with van der Waals surface area (Å²) < 4.78 is 14.2. The molecule has 0 aliphatic heterocycles. The third kappa shape index (κ3) is 9.65. The fraction of sp³-hybridized carbons (Fsp3) is 0.600. The molecular weight excluding hydrogens is 169 g/mol. The second-order valence-corrected chi connectivity index (χ2v) is 3.37. The van der Waals surface area contributed by atoms with Crippen molar-refractivity contribution in [2.24, 2.45) is 0 Å². The SMILES string of the molecule is CN(C)C=CCOP(=O)(O)O. The van der Waals surface area contributed by atoms with Crippen LogP contribution in [0.1, 0.15) is 0 Å². The van der Waals surface area contributed by atoms with E-state index >= 15 is 0 Å². The lowest BCUT2D eigenvalue weighted by Gasteiger charge is -2.04. The molecule has 0 heterocycles. The maximum absolute atomic E-state index is 10.1. The van der Waals surface area contributed by atoms with Crippen molar-refractivity contribution < 1.29 is 18.9 Å². The Bertz CT molecular complexity index is 173. The second-order valence-electron chi connectivity index (χ2n) is 2.13. The first-order valence-electron chi connectivity index (χ1n) is 2.95. The van der Waals surface area contributed by atoms with Gasteiger partial charge in [-0.3, -0.25) is 4.52 Å². The Morgan fingerprint density at radius 3 is 2.45 bits per heavy atom. The highest BCUT2D eigenvalue weighted by Crippen LogP contribution is 2.35. The number of rotatable bonds is 4. The van der Waals surface area contributed by atoms with E-state index in [1.165, 1.54) is 6.08 Å². The van der Waals surface area contributed by atoms with Crippen LogP contribution >= 0.6 is 7.82 Å². The summed E-state index contributed by atoms with van der Waals surface area (Å²) in [6.45, 7) is -0.0809. The smallest absolute Gasteiger partial charge is 0.384 e. The van der Waals surface area contributed by atoms with E-state index in [0.717, 1.165) is 0 Å². The molecule has 0 saturated heterocycles. The summed E-state index contributed by atoms with van der Waals surface area (Å²) in [5.41, 5.74) is 0. The third-order valence-electron chi connectivity index (χ3n) is 0.742. The summed E-state index contributed by atoms with van der Waals surface area (Å²) in [6, 6.07) is 0. The molecule has 0 aromatic rings. The number of hydrogen-bond donors (Lipinski definition) is 2. The highest BCUT2D eigenvalue weighted by Gasteiger charge is 2.11. The molecule has 0 atom stereocenters. The molecule has 2 N–H and O–H groups in total.